The Morgan fingerprint density at radius 2 is 2.21 bits per heavy atom. The molecule has 1 aromatic carbocycles. The summed E-state index contributed by atoms with van der Waals surface area (Å²) >= 11 is 0. The molecule has 0 spiro atoms. The lowest BCUT2D eigenvalue weighted by Crippen LogP contribution is -2.16. The number of aromatic amines is 1. The number of nitrogens with two attached hydrogens (primary N) is 1. The summed E-state index contributed by atoms with van der Waals surface area (Å²) < 4.78 is 4.92. The van der Waals surface area contributed by atoms with E-state index in [-0.39, 0.29) is 11.9 Å². The van der Waals surface area contributed by atoms with E-state index in [0.29, 0.717) is 12.5 Å². The van der Waals surface area contributed by atoms with Crippen molar-refractivity contribution in [3.8, 4) is 0 Å². The van der Waals surface area contributed by atoms with Gasteiger partial charge in [0.05, 0.1) is 17.6 Å². The fourth-order valence-electron chi connectivity index (χ4n) is 1.92. The number of esters is 1. The Morgan fingerprint density at radius 1 is 1.47 bits per heavy atom. The molecule has 102 valence electrons. The number of H-pyrrole nitrogens is 1. The van der Waals surface area contributed by atoms with E-state index in [0.717, 1.165) is 16.6 Å². The molecule has 2 rings (SSSR count). The Kier molecular flexibility index (Phi) is 3.85. The van der Waals surface area contributed by atoms with E-state index in [1.165, 1.54) is 0 Å². The maximum atomic E-state index is 11.6. The fourth-order valence-corrected chi connectivity index (χ4v) is 1.92. The van der Waals surface area contributed by atoms with E-state index < -0.39 is 5.97 Å². The normalized spacial score (nSPS) is 12.9. The van der Waals surface area contributed by atoms with Crippen molar-refractivity contribution in [3.63, 3.8) is 0 Å². The molecule has 1 aromatic heterocycles. The molecule has 1 unspecified atom stereocenters. The molecule has 0 saturated heterocycles. The van der Waals surface area contributed by atoms with Gasteiger partial charge in [-0.25, -0.2) is 9.78 Å². The van der Waals surface area contributed by atoms with Crippen LogP contribution in [0.1, 0.15) is 43.0 Å². The molecule has 0 amide bonds. The summed E-state index contributed by atoms with van der Waals surface area (Å²) in [6.07, 6.45) is 0. The number of aromatic nitrogens is 2. The first-order chi connectivity index (χ1) is 9.02. The zero-order chi connectivity index (χ0) is 14.0. The van der Waals surface area contributed by atoms with Gasteiger partial charge in [0.15, 0.2) is 0 Å². The molecule has 0 aliphatic heterocycles. The first-order valence-electron chi connectivity index (χ1n) is 6.45. The van der Waals surface area contributed by atoms with E-state index in [2.05, 4.69) is 23.8 Å². The molecule has 0 bridgehead atoms. The van der Waals surface area contributed by atoms with E-state index in [4.69, 9.17) is 10.5 Å². The van der Waals surface area contributed by atoms with E-state index >= 15 is 0 Å². The second-order valence-electron chi connectivity index (χ2n) is 4.85. The van der Waals surface area contributed by atoms with Crippen LogP contribution in [-0.2, 0) is 4.74 Å². The van der Waals surface area contributed by atoms with Crippen molar-refractivity contribution in [1.82, 2.24) is 9.97 Å². The van der Waals surface area contributed by atoms with Crippen LogP contribution in [-0.4, -0.2) is 22.5 Å². The molecule has 0 fully saturated rings. The second-order valence-corrected chi connectivity index (χ2v) is 4.85. The molecule has 1 atom stereocenters. The molecule has 3 N–H and O–H groups in total. The first-order valence-corrected chi connectivity index (χ1v) is 6.45. The molecule has 1 heterocycles. The van der Waals surface area contributed by atoms with Gasteiger partial charge in [0.2, 0.25) is 5.82 Å². The predicted molar refractivity (Wildman–Crippen MR) is 73.8 cm³/mol. The standard InChI is InChI=1S/C14H19N3O2/c1-4-19-14(18)13-16-10-6-5-9(7-11(10)17-13)12(15)8(2)3/h5-8,12H,4,15H2,1-3H3,(H,16,17). The summed E-state index contributed by atoms with van der Waals surface area (Å²) in [6, 6.07) is 5.73. The number of nitrogens with zero attached hydrogens (tertiary/aromatic N) is 1. The molecule has 5 nitrogen and oxygen atoms in total. The van der Waals surface area contributed by atoms with Gasteiger partial charge in [-0.2, -0.15) is 0 Å². The summed E-state index contributed by atoms with van der Waals surface area (Å²) in [5.41, 5.74) is 8.69. The number of hydrogen-bond donors (Lipinski definition) is 2. The van der Waals surface area contributed by atoms with Crippen molar-refractivity contribution >= 4 is 17.0 Å². The third-order valence-corrected chi connectivity index (χ3v) is 3.08. The largest absolute Gasteiger partial charge is 0.460 e. The van der Waals surface area contributed by atoms with Crippen LogP contribution in [0, 0.1) is 5.92 Å². The number of fused-ring (bicyclic) bond motifs is 1. The number of carbonyl (C=O) groups excluding carboxylic acids is 1. The van der Waals surface area contributed by atoms with Crippen molar-refractivity contribution in [2.24, 2.45) is 11.7 Å². The summed E-state index contributed by atoms with van der Waals surface area (Å²) in [5.74, 6) is 0.144. The van der Waals surface area contributed by atoms with Gasteiger partial charge in [-0.05, 0) is 30.5 Å². The topological polar surface area (TPSA) is 81.0 Å². The summed E-state index contributed by atoms with van der Waals surface area (Å²) in [7, 11) is 0. The third-order valence-electron chi connectivity index (χ3n) is 3.08. The molecular weight excluding hydrogens is 242 g/mol. The monoisotopic (exact) mass is 261 g/mol. The van der Waals surface area contributed by atoms with Gasteiger partial charge in [-0.3, -0.25) is 0 Å². The lowest BCUT2D eigenvalue weighted by atomic mass is 9.97. The second kappa shape index (κ2) is 5.40. The average molecular weight is 261 g/mol. The molecule has 0 aliphatic rings. The molecule has 0 saturated carbocycles. The molecule has 2 aromatic rings. The minimum Gasteiger partial charge on any atom is -0.460 e. The van der Waals surface area contributed by atoms with Gasteiger partial charge < -0.3 is 15.5 Å². The van der Waals surface area contributed by atoms with Crippen LogP contribution < -0.4 is 5.73 Å². The maximum absolute atomic E-state index is 11.6. The summed E-state index contributed by atoms with van der Waals surface area (Å²) in [6.45, 7) is 6.25. The summed E-state index contributed by atoms with van der Waals surface area (Å²) in [4.78, 5) is 18.8. The van der Waals surface area contributed by atoms with Crippen molar-refractivity contribution in [3.05, 3.63) is 29.6 Å². The number of benzene rings is 1. The number of nitrogens with one attached hydrogen (secondary N) is 1. The fraction of sp³-hybridized carbons (Fsp3) is 0.429. The molecular formula is C14H19N3O2. The number of ether oxygens (including phenoxy) is 1. The number of carbonyl (C=O) groups is 1. The van der Waals surface area contributed by atoms with Crippen molar-refractivity contribution < 1.29 is 9.53 Å². The molecule has 0 radical (unpaired) electrons. The maximum Gasteiger partial charge on any atom is 0.374 e. The zero-order valence-corrected chi connectivity index (χ0v) is 11.4. The summed E-state index contributed by atoms with van der Waals surface area (Å²) in [5, 5.41) is 0. The highest BCUT2D eigenvalue weighted by Gasteiger charge is 2.15. The van der Waals surface area contributed by atoms with Crippen molar-refractivity contribution in [1.29, 1.82) is 0 Å². The van der Waals surface area contributed by atoms with Gasteiger partial charge in [-0.1, -0.05) is 19.9 Å². The Bertz CT molecular complexity index is 589. The van der Waals surface area contributed by atoms with Crippen LogP contribution in [0.2, 0.25) is 0 Å². The minimum absolute atomic E-state index is 0.0289. The third kappa shape index (κ3) is 2.76. The van der Waals surface area contributed by atoms with Crippen LogP contribution in [0.25, 0.3) is 11.0 Å². The van der Waals surface area contributed by atoms with Crippen molar-refractivity contribution in [2.45, 2.75) is 26.8 Å². The highest BCUT2D eigenvalue weighted by Crippen LogP contribution is 2.22. The quantitative estimate of drug-likeness (QED) is 0.828. The predicted octanol–water partition coefficient (Wildman–Crippen LogP) is 2.40. The van der Waals surface area contributed by atoms with Crippen LogP contribution in [0.3, 0.4) is 0 Å². The first kappa shape index (κ1) is 13.5. The number of rotatable bonds is 4. The van der Waals surface area contributed by atoms with Crippen LogP contribution in [0.4, 0.5) is 0 Å². The lowest BCUT2D eigenvalue weighted by Gasteiger charge is -2.15. The van der Waals surface area contributed by atoms with E-state index in [1.54, 1.807) is 6.92 Å². The van der Waals surface area contributed by atoms with E-state index in [9.17, 15) is 4.79 Å². The molecule has 0 aliphatic carbocycles. The Labute approximate surface area is 112 Å². The van der Waals surface area contributed by atoms with Crippen LogP contribution >= 0.6 is 0 Å². The number of hydrogen-bond acceptors (Lipinski definition) is 4. The van der Waals surface area contributed by atoms with E-state index in [1.807, 2.05) is 18.2 Å². The van der Waals surface area contributed by atoms with Crippen LogP contribution in [0.15, 0.2) is 18.2 Å². The minimum atomic E-state index is -0.437. The Morgan fingerprint density at radius 3 is 2.84 bits per heavy atom. The number of imidazole rings is 1. The van der Waals surface area contributed by atoms with Crippen molar-refractivity contribution in [2.75, 3.05) is 6.61 Å². The Balaban J connectivity index is 2.36. The smallest absolute Gasteiger partial charge is 0.374 e. The van der Waals surface area contributed by atoms with Crippen LogP contribution in [0.5, 0.6) is 0 Å². The molecule has 5 heteroatoms. The Hall–Kier alpha value is -1.88. The van der Waals surface area contributed by atoms with Gasteiger partial charge in [0.1, 0.15) is 0 Å². The zero-order valence-electron chi connectivity index (χ0n) is 11.4. The lowest BCUT2D eigenvalue weighted by molar-refractivity contribution is 0.0514. The molecule has 19 heavy (non-hydrogen) atoms. The van der Waals surface area contributed by atoms with Gasteiger partial charge in [0, 0.05) is 6.04 Å². The van der Waals surface area contributed by atoms with Gasteiger partial charge >= 0.3 is 5.97 Å². The highest BCUT2D eigenvalue weighted by molar-refractivity contribution is 5.90. The average Bonchev–Trinajstić information content (AvgIpc) is 2.80. The van der Waals surface area contributed by atoms with Gasteiger partial charge in [0.25, 0.3) is 0 Å². The highest BCUT2D eigenvalue weighted by atomic mass is 16.5. The SMILES string of the molecule is CCOC(=O)c1nc2ccc(C(N)C(C)C)cc2[nH]1. The van der Waals surface area contributed by atoms with Gasteiger partial charge in [-0.15, -0.1) is 0 Å².